The van der Waals surface area contributed by atoms with Crippen LogP contribution in [0.5, 0.6) is 0 Å². The molecule has 0 fully saturated rings. The fourth-order valence-electron chi connectivity index (χ4n) is 3.63. The number of fused-ring (bicyclic) bond motifs is 1. The Bertz CT molecular complexity index is 1390. The van der Waals surface area contributed by atoms with Crippen molar-refractivity contribution in [2.45, 2.75) is 33.1 Å². The van der Waals surface area contributed by atoms with Crippen LogP contribution in [-0.2, 0) is 24.7 Å². The zero-order chi connectivity index (χ0) is 22.8. The molecule has 0 aliphatic heterocycles. The maximum absolute atomic E-state index is 12.2. The molecule has 1 amide bonds. The molecule has 10 heteroatoms. The number of nitrogens with zero attached hydrogens (tertiary/aromatic N) is 4. The average molecular weight is 435 g/mol. The minimum Gasteiger partial charge on any atom is -0.356 e. The van der Waals surface area contributed by atoms with Gasteiger partial charge in [0.1, 0.15) is 11.3 Å². The second-order valence-corrected chi connectivity index (χ2v) is 7.81. The van der Waals surface area contributed by atoms with Crippen molar-refractivity contribution in [3.05, 3.63) is 73.9 Å². The van der Waals surface area contributed by atoms with Crippen LogP contribution in [0.1, 0.15) is 29.2 Å². The largest absolute Gasteiger partial charge is 0.356 e. The molecule has 3 N–H and O–H groups in total. The first-order valence-corrected chi connectivity index (χ1v) is 10.4. The Balaban J connectivity index is 1.28. The lowest BCUT2D eigenvalue weighted by atomic mass is 10.1. The summed E-state index contributed by atoms with van der Waals surface area (Å²) < 4.78 is 3.17. The van der Waals surface area contributed by atoms with E-state index in [0.717, 1.165) is 22.6 Å². The molecule has 0 unspecified atom stereocenters. The highest BCUT2D eigenvalue weighted by Gasteiger charge is 2.12. The minimum absolute atomic E-state index is 0.104. The van der Waals surface area contributed by atoms with Crippen LogP contribution < -0.4 is 16.6 Å². The van der Waals surface area contributed by atoms with Crippen molar-refractivity contribution in [3.8, 4) is 5.69 Å². The van der Waals surface area contributed by atoms with Crippen molar-refractivity contribution in [2.75, 3.05) is 6.54 Å². The molecular formula is C22H25N7O3. The van der Waals surface area contributed by atoms with Crippen LogP contribution in [0.2, 0.25) is 0 Å². The van der Waals surface area contributed by atoms with Gasteiger partial charge in [0, 0.05) is 32.1 Å². The number of aromatic nitrogens is 6. The summed E-state index contributed by atoms with van der Waals surface area (Å²) in [6.45, 7) is 4.51. The second-order valence-electron chi connectivity index (χ2n) is 7.81. The number of imidazole rings is 1. The van der Waals surface area contributed by atoms with Gasteiger partial charge in [-0.1, -0.05) is 12.1 Å². The molecule has 4 rings (SSSR count). The normalized spacial score (nSPS) is 11.2. The van der Waals surface area contributed by atoms with E-state index in [2.05, 4.69) is 25.4 Å². The summed E-state index contributed by atoms with van der Waals surface area (Å²) >= 11 is 0. The third-order valence-electron chi connectivity index (χ3n) is 5.32. The van der Waals surface area contributed by atoms with Crippen molar-refractivity contribution >= 4 is 17.1 Å². The number of hydrogen-bond donors (Lipinski definition) is 3. The van der Waals surface area contributed by atoms with E-state index < -0.39 is 11.2 Å². The summed E-state index contributed by atoms with van der Waals surface area (Å²) in [5, 5.41) is 7.39. The topological polar surface area (TPSA) is 130 Å². The summed E-state index contributed by atoms with van der Waals surface area (Å²) in [4.78, 5) is 45.1. The number of amides is 1. The summed E-state index contributed by atoms with van der Waals surface area (Å²) in [5.41, 5.74) is 3.64. The number of benzene rings is 1. The second kappa shape index (κ2) is 8.66. The molecule has 32 heavy (non-hydrogen) atoms. The highest BCUT2D eigenvalue weighted by atomic mass is 16.2. The van der Waals surface area contributed by atoms with Crippen LogP contribution >= 0.6 is 0 Å². The van der Waals surface area contributed by atoms with E-state index in [1.165, 1.54) is 11.6 Å². The maximum Gasteiger partial charge on any atom is 0.329 e. The van der Waals surface area contributed by atoms with E-state index in [1.807, 2.05) is 48.9 Å². The monoisotopic (exact) mass is 435 g/mol. The molecule has 0 saturated carbocycles. The van der Waals surface area contributed by atoms with Gasteiger partial charge in [-0.25, -0.2) is 14.5 Å². The summed E-state index contributed by atoms with van der Waals surface area (Å²) in [6.07, 6.45) is 1.28. The Morgan fingerprint density at radius 3 is 2.53 bits per heavy atom. The molecular weight excluding hydrogens is 410 g/mol. The fourth-order valence-corrected chi connectivity index (χ4v) is 3.63. The van der Waals surface area contributed by atoms with Gasteiger partial charge in [0.05, 0.1) is 11.4 Å². The van der Waals surface area contributed by atoms with Crippen molar-refractivity contribution in [1.29, 1.82) is 0 Å². The molecule has 3 heterocycles. The molecule has 4 aromatic rings. The van der Waals surface area contributed by atoms with Gasteiger partial charge in [0.2, 0.25) is 5.91 Å². The number of H-pyrrole nitrogens is 2. The highest BCUT2D eigenvalue weighted by molar-refractivity contribution is 5.76. The molecule has 0 aliphatic carbocycles. The molecule has 1 aromatic carbocycles. The Morgan fingerprint density at radius 2 is 1.84 bits per heavy atom. The van der Waals surface area contributed by atoms with Crippen molar-refractivity contribution in [3.63, 3.8) is 0 Å². The molecule has 3 aromatic heterocycles. The lowest BCUT2D eigenvalue weighted by molar-refractivity contribution is -0.121. The molecule has 0 radical (unpaired) electrons. The van der Waals surface area contributed by atoms with Crippen LogP contribution in [0.15, 0.2) is 39.9 Å². The molecule has 0 bridgehead atoms. The number of rotatable bonds is 7. The van der Waals surface area contributed by atoms with Gasteiger partial charge < -0.3 is 10.3 Å². The summed E-state index contributed by atoms with van der Waals surface area (Å²) in [6, 6.07) is 10.1. The van der Waals surface area contributed by atoms with E-state index in [-0.39, 0.29) is 23.5 Å². The van der Waals surface area contributed by atoms with E-state index in [9.17, 15) is 14.4 Å². The van der Waals surface area contributed by atoms with Gasteiger partial charge in [-0.05, 0) is 44.0 Å². The number of hydrogen-bond acceptors (Lipinski definition) is 5. The zero-order valence-electron chi connectivity index (χ0n) is 18.2. The number of nitrogens with one attached hydrogen (secondary N) is 3. The highest BCUT2D eigenvalue weighted by Crippen LogP contribution is 2.13. The van der Waals surface area contributed by atoms with Gasteiger partial charge >= 0.3 is 5.69 Å². The van der Waals surface area contributed by atoms with Gasteiger partial charge in [-0.3, -0.25) is 19.1 Å². The van der Waals surface area contributed by atoms with Crippen LogP contribution in [-0.4, -0.2) is 41.8 Å². The van der Waals surface area contributed by atoms with E-state index >= 15 is 0 Å². The first kappa shape index (κ1) is 21.3. The smallest absolute Gasteiger partial charge is 0.329 e. The van der Waals surface area contributed by atoms with E-state index in [4.69, 9.17) is 0 Å². The lowest BCUT2D eigenvalue weighted by Gasteiger charge is -2.07. The van der Waals surface area contributed by atoms with Gasteiger partial charge in [-0.2, -0.15) is 5.10 Å². The first-order chi connectivity index (χ1) is 15.3. The van der Waals surface area contributed by atoms with E-state index in [1.54, 1.807) is 0 Å². The molecule has 0 aliphatic rings. The Morgan fingerprint density at radius 1 is 1.09 bits per heavy atom. The van der Waals surface area contributed by atoms with Crippen molar-refractivity contribution in [2.24, 2.45) is 7.05 Å². The first-order valence-electron chi connectivity index (χ1n) is 10.4. The van der Waals surface area contributed by atoms with Gasteiger partial charge in [0.25, 0.3) is 5.56 Å². The quantitative estimate of drug-likeness (QED) is 0.399. The SMILES string of the molecule is Cc1cc(C)n(-c2ccc(CCNC(=O)CCc3nc4c([nH]3)c(=O)[nH]c(=O)n4C)cc2)n1. The molecule has 166 valence electrons. The Hall–Kier alpha value is -3.95. The predicted octanol–water partition coefficient (Wildman–Crippen LogP) is 1.04. The van der Waals surface area contributed by atoms with Crippen LogP contribution in [0.25, 0.3) is 16.9 Å². The standard InChI is InChI=1S/C22H25N7O3/c1-13-12-14(2)29(27-13)16-6-4-15(5-7-16)10-11-23-18(30)9-8-17-24-19-20(25-17)28(3)22(32)26-21(19)31/h4-7,12H,8-11H2,1-3H3,(H,23,30)(H,24,25)(H,26,31,32). The van der Waals surface area contributed by atoms with Gasteiger partial charge in [0.15, 0.2) is 5.65 Å². The number of carbonyl (C=O) groups is 1. The zero-order valence-corrected chi connectivity index (χ0v) is 18.2. The van der Waals surface area contributed by atoms with Gasteiger partial charge in [-0.15, -0.1) is 0 Å². The summed E-state index contributed by atoms with van der Waals surface area (Å²) in [5.74, 6) is 0.383. The molecule has 10 nitrogen and oxygen atoms in total. The number of carbonyl (C=O) groups excluding carboxylic acids is 1. The molecule has 0 spiro atoms. The number of aromatic amines is 2. The minimum atomic E-state index is -0.527. The Labute approximate surface area is 183 Å². The van der Waals surface area contributed by atoms with E-state index in [0.29, 0.717) is 25.2 Å². The lowest BCUT2D eigenvalue weighted by Crippen LogP contribution is -2.28. The third-order valence-corrected chi connectivity index (χ3v) is 5.32. The maximum atomic E-state index is 12.2. The Kier molecular flexibility index (Phi) is 5.76. The van der Waals surface area contributed by atoms with Crippen LogP contribution in [0.3, 0.4) is 0 Å². The third kappa shape index (κ3) is 4.39. The van der Waals surface area contributed by atoms with Crippen molar-refractivity contribution in [1.82, 2.24) is 34.6 Å². The van der Waals surface area contributed by atoms with Crippen LogP contribution in [0, 0.1) is 13.8 Å². The van der Waals surface area contributed by atoms with Crippen molar-refractivity contribution < 1.29 is 4.79 Å². The summed E-state index contributed by atoms with van der Waals surface area (Å²) in [7, 11) is 1.53. The number of aryl methyl sites for hydroxylation is 4. The fraction of sp³-hybridized carbons (Fsp3) is 0.318. The van der Waals surface area contributed by atoms with Crippen LogP contribution in [0.4, 0.5) is 0 Å². The predicted molar refractivity (Wildman–Crippen MR) is 120 cm³/mol. The molecule has 0 saturated heterocycles. The molecule has 0 atom stereocenters. The average Bonchev–Trinajstić information content (AvgIpc) is 3.34.